The van der Waals surface area contributed by atoms with E-state index in [2.05, 4.69) is 14.7 Å². The van der Waals surface area contributed by atoms with Crippen molar-refractivity contribution in [2.75, 3.05) is 38.9 Å². The van der Waals surface area contributed by atoms with E-state index in [-0.39, 0.29) is 66.1 Å². The molecule has 42 heavy (non-hydrogen) atoms. The van der Waals surface area contributed by atoms with Crippen LogP contribution in [0.15, 0.2) is 71.6 Å². The van der Waals surface area contributed by atoms with E-state index in [1.807, 2.05) is 0 Å². The topological polar surface area (TPSA) is 154 Å². The number of rotatable bonds is 13. The maximum absolute atomic E-state index is 13.6. The fourth-order valence-electron chi connectivity index (χ4n) is 3.92. The smallest absolute Gasteiger partial charge is 0.293 e. The van der Waals surface area contributed by atoms with Crippen LogP contribution in [0.2, 0.25) is 0 Å². The number of nitrogens with one attached hydrogen (secondary N) is 1. The van der Waals surface area contributed by atoms with Gasteiger partial charge in [-0.05, 0) is 36.4 Å². The minimum atomic E-state index is -4.27. The molecule has 0 unspecified atom stereocenters. The molecule has 0 saturated heterocycles. The standard InChI is InChI=1S/C28H25N3O10S/c1-35-20-8-4-3-7-19(20)26-29-27(31-42(33,34)18-11-12-22-24(15-18)40-17-39-22)25(28(30-26)38-14-13-37-16-32)41-23-10-6-5-9-21(23)36-2/h3-12,15-16H,13-14,17H2,1-2H3,(H,29,30,31). The van der Waals surface area contributed by atoms with Gasteiger partial charge >= 0.3 is 0 Å². The van der Waals surface area contributed by atoms with Gasteiger partial charge in [-0.2, -0.15) is 4.98 Å². The summed E-state index contributed by atoms with van der Waals surface area (Å²) < 4.78 is 68.0. The van der Waals surface area contributed by atoms with Crippen molar-refractivity contribution in [1.82, 2.24) is 9.97 Å². The molecule has 0 spiro atoms. The van der Waals surface area contributed by atoms with E-state index in [9.17, 15) is 13.2 Å². The molecule has 0 radical (unpaired) electrons. The monoisotopic (exact) mass is 595 g/mol. The van der Waals surface area contributed by atoms with Gasteiger partial charge in [-0.3, -0.25) is 9.52 Å². The van der Waals surface area contributed by atoms with Crippen molar-refractivity contribution in [3.8, 4) is 51.8 Å². The molecule has 0 bridgehead atoms. The third-order valence-corrected chi connectivity index (χ3v) is 7.19. The predicted molar refractivity (Wildman–Crippen MR) is 148 cm³/mol. The van der Waals surface area contributed by atoms with E-state index in [0.717, 1.165) is 0 Å². The van der Waals surface area contributed by atoms with Gasteiger partial charge in [-0.1, -0.05) is 24.3 Å². The molecule has 0 fully saturated rings. The normalized spacial score (nSPS) is 11.9. The molecule has 5 rings (SSSR count). The summed E-state index contributed by atoms with van der Waals surface area (Å²) in [4.78, 5) is 19.6. The van der Waals surface area contributed by atoms with Gasteiger partial charge in [0.2, 0.25) is 12.5 Å². The maximum atomic E-state index is 13.6. The van der Waals surface area contributed by atoms with E-state index in [0.29, 0.717) is 22.8 Å². The van der Waals surface area contributed by atoms with Crippen LogP contribution >= 0.6 is 0 Å². The molecule has 4 aromatic rings. The van der Waals surface area contributed by atoms with E-state index >= 15 is 0 Å². The second-order valence-electron chi connectivity index (χ2n) is 8.42. The molecule has 1 N–H and O–H groups in total. The fourth-order valence-corrected chi connectivity index (χ4v) is 4.94. The van der Waals surface area contributed by atoms with Gasteiger partial charge in [0, 0.05) is 6.07 Å². The van der Waals surface area contributed by atoms with Crippen molar-refractivity contribution in [3.05, 3.63) is 66.7 Å². The van der Waals surface area contributed by atoms with Crippen molar-refractivity contribution >= 4 is 22.3 Å². The van der Waals surface area contributed by atoms with Gasteiger partial charge in [-0.25, -0.2) is 13.4 Å². The number of carbonyl (C=O) groups excluding carboxylic acids is 1. The lowest BCUT2D eigenvalue weighted by Gasteiger charge is -2.18. The molecule has 218 valence electrons. The van der Waals surface area contributed by atoms with Crippen LogP contribution in [0.5, 0.6) is 40.4 Å². The second-order valence-corrected chi connectivity index (χ2v) is 10.1. The van der Waals surface area contributed by atoms with Gasteiger partial charge in [-0.15, -0.1) is 0 Å². The Morgan fingerprint density at radius 3 is 2.36 bits per heavy atom. The number of para-hydroxylation sites is 3. The first-order chi connectivity index (χ1) is 20.4. The van der Waals surface area contributed by atoms with Crippen molar-refractivity contribution in [2.45, 2.75) is 4.90 Å². The number of anilines is 1. The van der Waals surface area contributed by atoms with Gasteiger partial charge in [0.1, 0.15) is 19.0 Å². The van der Waals surface area contributed by atoms with Crippen LogP contribution in [0.1, 0.15) is 0 Å². The second kappa shape index (κ2) is 12.5. The molecule has 13 nitrogen and oxygen atoms in total. The Morgan fingerprint density at radius 2 is 1.60 bits per heavy atom. The van der Waals surface area contributed by atoms with Crippen LogP contribution in [0.25, 0.3) is 11.4 Å². The zero-order valence-corrected chi connectivity index (χ0v) is 23.3. The molecule has 0 amide bonds. The lowest BCUT2D eigenvalue weighted by molar-refractivity contribution is -0.129. The minimum absolute atomic E-state index is 0.0220. The Morgan fingerprint density at radius 1 is 0.881 bits per heavy atom. The lowest BCUT2D eigenvalue weighted by atomic mass is 10.2. The number of hydrogen-bond acceptors (Lipinski definition) is 12. The van der Waals surface area contributed by atoms with E-state index in [4.69, 9.17) is 33.2 Å². The van der Waals surface area contributed by atoms with Crippen LogP contribution in [-0.2, 0) is 19.6 Å². The van der Waals surface area contributed by atoms with Gasteiger partial charge < -0.3 is 33.2 Å². The number of hydrogen-bond donors (Lipinski definition) is 1. The van der Waals surface area contributed by atoms with E-state index in [1.165, 1.54) is 32.4 Å². The van der Waals surface area contributed by atoms with Gasteiger partial charge in [0.05, 0.1) is 24.7 Å². The number of ether oxygens (including phenoxy) is 7. The Labute approximate surface area is 240 Å². The first kappa shape index (κ1) is 28.3. The Hall–Kier alpha value is -5.24. The number of fused-ring (bicyclic) bond motifs is 1. The summed E-state index contributed by atoms with van der Waals surface area (Å²) in [6.45, 7) is 0.0221. The third kappa shape index (κ3) is 6.07. The summed E-state index contributed by atoms with van der Waals surface area (Å²) in [5, 5.41) is 0. The molecule has 2 heterocycles. The van der Waals surface area contributed by atoms with Crippen LogP contribution in [0, 0.1) is 0 Å². The number of nitrogens with zero attached hydrogens (tertiary/aromatic N) is 2. The highest BCUT2D eigenvalue weighted by Gasteiger charge is 2.27. The number of carbonyl (C=O) groups is 1. The van der Waals surface area contributed by atoms with E-state index < -0.39 is 10.0 Å². The number of sulfonamides is 1. The Kier molecular flexibility index (Phi) is 8.43. The highest BCUT2D eigenvalue weighted by molar-refractivity contribution is 7.92. The zero-order valence-electron chi connectivity index (χ0n) is 22.4. The van der Waals surface area contributed by atoms with E-state index in [1.54, 1.807) is 48.5 Å². The molecular weight excluding hydrogens is 570 g/mol. The first-order valence-electron chi connectivity index (χ1n) is 12.4. The van der Waals surface area contributed by atoms with Gasteiger partial charge in [0.15, 0.2) is 34.6 Å². The fraction of sp³-hybridized carbons (Fsp3) is 0.179. The number of methoxy groups -OCH3 is 2. The van der Waals surface area contributed by atoms with Crippen LogP contribution in [-0.4, -0.2) is 59.1 Å². The van der Waals surface area contributed by atoms with Crippen molar-refractivity contribution in [1.29, 1.82) is 0 Å². The van der Waals surface area contributed by atoms with Crippen LogP contribution < -0.4 is 33.1 Å². The summed E-state index contributed by atoms with van der Waals surface area (Å²) in [5.74, 6) is 1.20. The quantitative estimate of drug-likeness (QED) is 0.175. The third-order valence-electron chi connectivity index (χ3n) is 5.86. The predicted octanol–water partition coefficient (Wildman–Crippen LogP) is 4.03. The molecule has 3 aromatic carbocycles. The largest absolute Gasteiger partial charge is 0.496 e. The van der Waals surface area contributed by atoms with Gasteiger partial charge in [0.25, 0.3) is 22.4 Å². The molecule has 14 heteroatoms. The summed E-state index contributed by atoms with van der Waals surface area (Å²) in [6, 6.07) is 17.8. The van der Waals surface area contributed by atoms with Crippen LogP contribution in [0.3, 0.4) is 0 Å². The summed E-state index contributed by atoms with van der Waals surface area (Å²) in [6.07, 6.45) is 0. The van der Waals surface area contributed by atoms with Crippen molar-refractivity contribution in [2.24, 2.45) is 0 Å². The molecule has 0 atom stereocenters. The molecule has 0 saturated carbocycles. The SMILES string of the molecule is COc1ccccc1Oc1c(NS(=O)(=O)c2ccc3c(c2)OCO3)nc(-c2ccccc2OC)nc1OCCOC=O. The number of benzene rings is 3. The molecule has 0 aliphatic carbocycles. The Bertz CT molecular complexity index is 1700. The first-order valence-corrected chi connectivity index (χ1v) is 13.9. The zero-order chi connectivity index (χ0) is 29.5. The molecular formula is C28H25N3O10S. The van der Waals surface area contributed by atoms with Crippen LogP contribution in [0.4, 0.5) is 5.82 Å². The summed E-state index contributed by atoms with van der Waals surface area (Å²) >= 11 is 0. The highest BCUT2D eigenvalue weighted by Crippen LogP contribution is 2.43. The molecule has 1 aliphatic rings. The number of aromatic nitrogens is 2. The average Bonchev–Trinajstić information content (AvgIpc) is 3.49. The summed E-state index contributed by atoms with van der Waals surface area (Å²) in [5.41, 5.74) is 0.446. The van der Waals surface area contributed by atoms with Crippen molar-refractivity contribution in [3.63, 3.8) is 0 Å². The highest BCUT2D eigenvalue weighted by atomic mass is 32.2. The molecule has 1 aromatic heterocycles. The molecule has 1 aliphatic heterocycles. The average molecular weight is 596 g/mol. The summed E-state index contributed by atoms with van der Waals surface area (Å²) in [7, 11) is -1.33. The van der Waals surface area contributed by atoms with Crippen molar-refractivity contribution < 1.29 is 46.4 Å². The minimum Gasteiger partial charge on any atom is -0.496 e. The lowest BCUT2D eigenvalue weighted by Crippen LogP contribution is -2.16. The maximum Gasteiger partial charge on any atom is 0.293 e. The Balaban J connectivity index is 1.66.